The van der Waals surface area contributed by atoms with Gasteiger partial charge in [-0.3, -0.25) is 9.69 Å². The Morgan fingerprint density at radius 2 is 1.92 bits per heavy atom. The minimum Gasteiger partial charge on any atom is -0.379 e. The first kappa shape index (κ1) is 17.4. The van der Waals surface area contributed by atoms with E-state index in [-0.39, 0.29) is 18.0 Å². The molecule has 2 aliphatic heterocycles. The van der Waals surface area contributed by atoms with E-state index >= 15 is 0 Å². The number of ether oxygens (including phenoxy) is 1. The Morgan fingerprint density at radius 3 is 2.58 bits per heavy atom. The van der Waals surface area contributed by atoms with Gasteiger partial charge in [0.25, 0.3) is 5.91 Å². The molecule has 1 amide bonds. The van der Waals surface area contributed by atoms with Gasteiger partial charge in [0.2, 0.25) is 0 Å². The van der Waals surface area contributed by atoms with Crippen LogP contribution in [0.15, 0.2) is 24.3 Å². The molecule has 5 heteroatoms. The summed E-state index contributed by atoms with van der Waals surface area (Å²) in [6.45, 7) is 7.32. The van der Waals surface area contributed by atoms with Crippen LogP contribution in [0.2, 0.25) is 0 Å². The average Bonchev–Trinajstić information content (AvgIpc) is 2.62. The molecule has 1 aromatic carbocycles. The molecular formula is C19H29N3O2. The second-order valence-electron chi connectivity index (χ2n) is 7.01. The first-order valence-electron chi connectivity index (χ1n) is 9.11. The van der Waals surface area contributed by atoms with Gasteiger partial charge in [-0.2, -0.15) is 0 Å². The Balaban J connectivity index is 1.64. The van der Waals surface area contributed by atoms with Crippen molar-refractivity contribution in [1.82, 2.24) is 9.80 Å². The summed E-state index contributed by atoms with van der Waals surface area (Å²) in [4.78, 5) is 17.2. The third-order valence-corrected chi connectivity index (χ3v) is 5.13. The largest absolute Gasteiger partial charge is 0.379 e. The van der Waals surface area contributed by atoms with Gasteiger partial charge in [0.05, 0.1) is 13.2 Å². The number of likely N-dealkylation sites (tertiary alicyclic amines) is 1. The van der Waals surface area contributed by atoms with Crippen molar-refractivity contribution in [3.8, 4) is 0 Å². The van der Waals surface area contributed by atoms with Crippen LogP contribution in [-0.4, -0.2) is 60.6 Å². The number of piperidine rings is 1. The number of morpholine rings is 1. The Morgan fingerprint density at radius 1 is 1.21 bits per heavy atom. The maximum atomic E-state index is 12.9. The normalized spacial score (nSPS) is 23.9. The monoisotopic (exact) mass is 331 g/mol. The lowest BCUT2D eigenvalue weighted by Crippen LogP contribution is -2.51. The third kappa shape index (κ3) is 4.15. The number of benzene rings is 1. The molecular weight excluding hydrogens is 302 g/mol. The summed E-state index contributed by atoms with van der Waals surface area (Å²) in [6.07, 6.45) is 3.25. The van der Waals surface area contributed by atoms with Crippen molar-refractivity contribution in [3.63, 3.8) is 0 Å². The number of nitrogens with zero attached hydrogens (tertiary/aromatic N) is 2. The predicted molar refractivity (Wildman–Crippen MR) is 94.9 cm³/mol. The molecule has 0 radical (unpaired) electrons. The van der Waals surface area contributed by atoms with Gasteiger partial charge in [-0.25, -0.2) is 0 Å². The molecule has 0 unspecified atom stereocenters. The molecule has 3 rings (SSSR count). The summed E-state index contributed by atoms with van der Waals surface area (Å²) >= 11 is 0. The predicted octanol–water partition coefficient (Wildman–Crippen LogP) is 1.86. The fraction of sp³-hybridized carbons (Fsp3) is 0.632. The fourth-order valence-electron chi connectivity index (χ4n) is 3.69. The van der Waals surface area contributed by atoms with Crippen LogP contribution >= 0.6 is 0 Å². The maximum absolute atomic E-state index is 12.9. The zero-order valence-electron chi connectivity index (χ0n) is 14.6. The molecule has 1 aromatic rings. The quantitative estimate of drug-likeness (QED) is 0.915. The second-order valence-corrected chi connectivity index (χ2v) is 7.01. The van der Waals surface area contributed by atoms with Gasteiger partial charge < -0.3 is 15.4 Å². The maximum Gasteiger partial charge on any atom is 0.254 e. The third-order valence-electron chi connectivity index (χ3n) is 5.13. The van der Waals surface area contributed by atoms with E-state index in [1.165, 1.54) is 5.56 Å². The molecule has 2 heterocycles. The molecule has 5 nitrogen and oxygen atoms in total. The van der Waals surface area contributed by atoms with Crippen molar-refractivity contribution in [3.05, 3.63) is 35.4 Å². The summed E-state index contributed by atoms with van der Waals surface area (Å²) in [5.41, 5.74) is 8.11. The van der Waals surface area contributed by atoms with Gasteiger partial charge in [-0.15, -0.1) is 0 Å². The highest BCUT2D eigenvalue weighted by Gasteiger charge is 2.29. The molecule has 132 valence electrons. The van der Waals surface area contributed by atoms with Gasteiger partial charge in [0, 0.05) is 43.8 Å². The van der Waals surface area contributed by atoms with Crippen molar-refractivity contribution < 1.29 is 9.53 Å². The lowest BCUT2D eigenvalue weighted by Gasteiger charge is -2.38. The van der Waals surface area contributed by atoms with Gasteiger partial charge in [0.15, 0.2) is 0 Å². The molecule has 0 spiro atoms. The molecule has 2 saturated heterocycles. The lowest BCUT2D eigenvalue weighted by molar-refractivity contribution is 0.0342. The molecule has 0 aliphatic carbocycles. The topological polar surface area (TPSA) is 58.8 Å². The highest BCUT2D eigenvalue weighted by Crippen LogP contribution is 2.22. The van der Waals surface area contributed by atoms with Crippen LogP contribution in [0.1, 0.15) is 42.1 Å². The van der Waals surface area contributed by atoms with Gasteiger partial charge in [-0.1, -0.05) is 12.1 Å². The Hall–Kier alpha value is -1.43. The van der Waals surface area contributed by atoms with Crippen LogP contribution in [0.3, 0.4) is 0 Å². The van der Waals surface area contributed by atoms with E-state index in [2.05, 4.69) is 17.0 Å². The Bertz CT molecular complexity index is 538. The molecule has 0 saturated carbocycles. The molecule has 2 aliphatic rings. The van der Waals surface area contributed by atoms with E-state index in [0.717, 1.165) is 64.2 Å². The van der Waals surface area contributed by atoms with Crippen LogP contribution in [-0.2, 0) is 11.3 Å². The number of hydrogen-bond acceptors (Lipinski definition) is 4. The highest BCUT2D eigenvalue weighted by atomic mass is 16.5. The van der Waals surface area contributed by atoms with Crippen molar-refractivity contribution in [2.75, 3.05) is 32.8 Å². The smallest absolute Gasteiger partial charge is 0.254 e. The van der Waals surface area contributed by atoms with Crippen LogP contribution in [0, 0.1) is 0 Å². The number of carbonyl (C=O) groups is 1. The number of amides is 1. The second kappa shape index (κ2) is 8.10. The van der Waals surface area contributed by atoms with Crippen LogP contribution in [0.25, 0.3) is 0 Å². The first-order chi connectivity index (χ1) is 11.6. The van der Waals surface area contributed by atoms with E-state index < -0.39 is 0 Å². The highest BCUT2D eigenvalue weighted by molar-refractivity contribution is 5.94. The van der Waals surface area contributed by atoms with Crippen molar-refractivity contribution in [1.29, 1.82) is 0 Å². The fourth-order valence-corrected chi connectivity index (χ4v) is 3.69. The van der Waals surface area contributed by atoms with Crippen molar-refractivity contribution in [2.45, 2.75) is 44.8 Å². The van der Waals surface area contributed by atoms with Crippen LogP contribution in [0.4, 0.5) is 0 Å². The van der Waals surface area contributed by atoms with Crippen molar-refractivity contribution in [2.24, 2.45) is 5.73 Å². The Kier molecular flexibility index (Phi) is 5.87. The van der Waals surface area contributed by atoms with E-state index in [4.69, 9.17) is 10.5 Å². The first-order valence-corrected chi connectivity index (χ1v) is 9.11. The molecule has 2 N–H and O–H groups in total. The van der Waals surface area contributed by atoms with Crippen LogP contribution < -0.4 is 5.73 Å². The van der Waals surface area contributed by atoms with E-state index in [1.54, 1.807) is 0 Å². The summed E-state index contributed by atoms with van der Waals surface area (Å²) in [6, 6.07) is 8.27. The molecule has 2 fully saturated rings. The minimum absolute atomic E-state index is 0.0230. The van der Waals surface area contributed by atoms with E-state index in [9.17, 15) is 4.79 Å². The molecule has 24 heavy (non-hydrogen) atoms. The average molecular weight is 331 g/mol. The summed E-state index contributed by atoms with van der Waals surface area (Å²) in [5, 5.41) is 0. The molecule has 0 bridgehead atoms. The van der Waals surface area contributed by atoms with E-state index in [0.29, 0.717) is 0 Å². The van der Waals surface area contributed by atoms with Crippen LogP contribution in [0.5, 0.6) is 0 Å². The lowest BCUT2D eigenvalue weighted by atomic mass is 9.96. The SMILES string of the molecule is C[C@H](N)[C@H]1CCCCN1C(=O)c1ccc(CN2CCOCC2)cc1. The zero-order valence-corrected chi connectivity index (χ0v) is 14.6. The number of hydrogen-bond donors (Lipinski definition) is 1. The van der Waals surface area contributed by atoms with Gasteiger partial charge in [0.1, 0.15) is 0 Å². The summed E-state index contributed by atoms with van der Waals surface area (Å²) < 4.78 is 5.38. The van der Waals surface area contributed by atoms with E-state index in [1.807, 2.05) is 24.0 Å². The molecule has 0 aromatic heterocycles. The van der Waals surface area contributed by atoms with Gasteiger partial charge >= 0.3 is 0 Å². The summed E-state index contributed by atoms with van der Waals surface area (Å²) in [5.74, 6) is 0.120. The minimum atomic E-state index is 0.0230. The van der Waals surface area contributed by atoms with Gasteiger partial charge in [-0.05, 0) is 43.9 Å². The zero-order chi connectivity index (χ0) is 16.9. The molecule has 2 atom stereocenters. The standard InChI is InChI=1S/C19H29N3O2/c1-15(20)18-4-2-3-9-22(18)19(23)17-7-5-16(6-8-17)14-21-10-12-24-13-11-21/h5-8,15,18H,2-4,9-14,20H2,1H3/t15-,18+/m0/s1. The summed E-state index contributed by atoms with van der Waals surface area (Å²) in [7, 11) is 0. The number of nitrogens with two attached hydrogens (primary N) is 1. The van der Waals surface area contributed by atoms with Crippen molar-refractivity contribution >= 4 is 5.91 Å². The Labute approximate surface area is 144 Å². The number of carbonyl (C=O) groups excluding carboxylic acids is 1. The number of rotatable bonds is 4.